The smallest absolute Gasteiger partial charge is 0.288 e. The van der Waals surface area contributed by atoms with E-state index in [1.807, 2.05) is 0 Å². The highest BCUT2D eigenvalue weighted by molar-refractivity contribution is 7.99. The molecule has 0 aromatic heterocycles. The number of carbonyl (C=O) groups excluding carboxylic acids is 2. The zero-order valence-electron chi connectivity index (χ0n) is 12.1. The van der Waals surface area contributed by atoms with E-state index in [4.69, 9.17) is 0 Å². The SMILES string of the molecule is O=C(CN1CCCCCC1=O)Nc1ccccc1SC(F)F. The molecule has 0 saturated carbocycles. The van der Waals surface area contributed by atoms with Crippen LogP contribution in [-0.4, -0.2) is 35.6 Å². The van der Waals surface area contributed by atoms with Crippen molar-refractivity contribution in [2.24, 2.45) is 0 Å². The molecule has 4 nitrogen and oxygen atoms in total. The van der Waals surface area contributed by atoms with Gasteiger partial charge in [-0.15, -0.1) is 0 Å². The van der Waals surface area contributed by atoms with Crippen LogP contribution in [0.4, 0.5) is 14.5 Å². The first-order chi connectivity index (χ1) is 10.6. The second-order valence-corrected chi connectivity index (χ2v) is 6.08. The van der Waals surface area contributed by atoms with E-state index in [0.717, 1.165) is 19.3 Å². The number of para-hydroxylation sites is 1. The lowest BCUT2D eigenvalue weighted by molar-refractivity contribution is -0.134. The van der Waals surface area contributed by atoms with E-state index < -0.39 is 5.76 Å². The van der Waals surface area contributed by atoms with Gasteiger partial charge in [0.2, 0.25) is 11.8 Å². The highest BCUT2D eigenvalue weighted by Crippen LogP contribution is 2.31. The first-order valence-electron chi connectivity index (χ1n) is 7.18. The minimum Gasteiger partial charge on any atom is -0.333 e. The monoisotopic (exact) mass is 328 g/mol. The van der Waals surface area contributed by atoms with Crippen molar-refractivity contribution in [1.29, 1.82) is 0 Å². The van der Waals surface area contributed by atoms with Crippen LogP contribution >= 0.6 is 11.8 Å². The third-order valence-corrected chi connectivity index (χ3v) is 4.17. The summed E-state index contributed by atoms with van der Waals surface area (Å²) in [5, 5.41) is 2.62. The number of hydrogen-bond acceptors (Lipinski definition) is 3. The molecule has 22 heavy (non-hydrogen) atoms. The molecule has 2 rings (SSSR count). The number of alkyl halides is 2. The number of nitrogens with zero attached hydrogens (tertiary/aromatic N) is 1. The summed E-state index contributed by atoms with van der Waals surface area (Å²) in [6.45, 7) is 0.534. The van der Waals surface area contributed by atoms with Crippen molar-refractivity contribution in [2.75, 3.05) is 18.4 Å². The molecule has 0 atom stereocenters. The molecular weight excluding hydrogens is 310 g/mol. The van der Waals surface area contributed by atoms with Crippen LogP contribution in [0, 0.1) is 0 Å². The Morgan fingerprint density at radius 2 is 2.05 bits per heavy atom. The quantitative estimate of drug-likeness (QED) is 0.844. The molecule has 0 unspecified atom stereocenters. The summed E-state index contributed by atoms with van der Waals surface area (Å²) in [7, 11) is 0. The Kier molecular flexibility index (Phi) is 6.18. The fourth-order valence-corrected chi connectivity index (χ4v) is 2.93. The molecule has 0 aliphatic carbocycles. The number of halogens is 2. The van der Waals surface area contributed by atoms with Crippen LogP contribution in [0.2, 0.25) is 0 Å². The molecule has 0 spiro atoms. The van der Waals surface area contributed by atoms with Gasteiger partial charge < -0.3 is 10.2 Å². The number of carbonyl (C=O) groups is 2. The van der Waals surface area contributed by atoms with E-state index >= 15 is 0 Å². The van der Waals surface area contributed by atoms with Crippen LogP contribution in [0.15, 0.2) is 29.2 Å². The van der Waals surface area contributed by atoms with Crippen molar-refractivity contribution in [3.05, 3.63) is 24.3 Å². The van der Waals surface area contributed by atoms with Crippen molar-refractivity contribution in [3.8, 4) is 0 Å². The largest absolute Gasteiger partial charge is 0.333 e. The van der Waals surface area contributed by atoms with Crippen molar-refractivity contribution < 1.29 is 18.4 Å². The lowest BCUT2D eigenvalue weighted by Crippen LogP contribution is -2.37. The van der Waals surface area contributed by atoms with Crippen LogP contribution < -0.4 is 5.32 Å². The molecule has 1 saturated heterocycles. The van der Waals surface area contributed by atoms with Crippen LogP contribution in [0.3, 0.4) is 0 Å². The van der Waals surface area contributed by atoms with Gasteiger partial charge in [-0.05, 0) is 25.0 Å². The number of amides is 2. The second kappa shape index (κ2) is 8.12. The Morgan fingerprint density at radius 3 is 2.82 bits per heavy atom. The third-order valence-electron chi connectivity index (χ3n) is 3.38. The van der Waals surface area contributed by atoms with Gasteiger partial charge in [-0.1, -0.05) is 30.3 Å². The van der Waals surface area contributed by atoms with Crippen LogP contribution in [0.5, 0.6) is 0 Å². The maximum atomic E-state index is 12.5. The van der Waals surface area contributed by atoms with E-state index in [2.05, 4.69) is 5.32 Å². The molecule has 1 aliphatic rings. The normalized spacial score (nSPS) is 15.8. The number of benzene rings is 1. The van der Waals surface area contributed by atoms with Crippen LogP contribution in [-0.2, 0) is 9.59 Å². The molecule has 1 heterocycles. The van der Waals surface area contributed by atoms with Crippen molar-refractivity contribution in [1.82, 2.24) is 4.90 Å². The third kappa shape index (κ3) is 4.98. The van der Waals surface area contributed by atoms with Crippen molar-refractivity contribution >= 4 is 29.3 Å². The molecule has 120 valence electrons. The zero-order valence-corrected chi connectivity index (χ0v) is 12.9. The lowest BCUT2D eigenvalue weighted by atomic mass is 10.2. The molecule has 1 N–H and O–H groups in total. The average molecular weight is 328 g/mol. The number of rotatable bonds is 5. The van der Waals surface area contributed by atoms with Gasteiger partial charge in [0, 0.05) is 17.9 Å². The molecule has 1 fully saturated rings. The summed E-state index contributed by atoms with van der Waals surface area (Å²) in [5.74, 6) is -2.94. The predicted octanol–water partition coefficient (Wildman–Crippen LogP) is 3.34. The summed E-state index contributed by atoms with van der Waals surface area (Å²) in [4.78, 5) is 25.8. The van der Waals surface area contributed by atoms with E-state index in [-0.39, 0.29) is 18.4 Å². The average Bonchev–Trinajstić information content (AvgIpc) is 2.66. The van der Waals surface area contributed by atoms with Crippen molar-refractivity contribution in [3.63, 3.8) is 0 Å². The maximum absolute atomic E-state index is 12.5. The number of nitrogens with one attached hydrogen (secondary N) is 1. The number of hydrogen-bond donors (Lipinski definition) is 1. The summed E-state index contributed by atoms with van der Waals surface area (Å²) < 4.78 is 25.0. The molecule has 1 aromatic carbocycles. The van der Waals surface area contributed by atoms with E-state index in [0.29, 0.717) is 35.3 Å². The molecule has 0 bridgehead atoms. The summed E-state index contributed by atoms with van der Waals surface area (Å²) in [5.41, 5.74) is 0.347. The molecule has 0 radical (unpaired) electrons. The number of anilines is 1. The first kappa shape index (κ1) is 16.7. The fourth-order valence-electron chi connectivity index (χ4n) is 2.34. The summed E-state index contributed by atoms with van der Waals surface area (Å²) >= 11 is 0.388. The van der Waals surface area contributed by atoms with Crippen LogP contribution in [0.25, 0.3) is 0 Å². The van der Waals surface area contributed by atoms with Crippen LogP contribution in [0.1, 0.15) is 25.7 Å². The highest BCUT2D eigenvalue weighted by atomic mass is 32.2. The highest BCUT2D eigenvalue weighted by Gasteiger charge is 2.20. The van der Waals surface area contributed by atoms with Gasteiger partial charge in [-0.25, -0.2) is 0 Å². The van der Waals surface area contributed by atoms with Gasteiger partial charge in [-0.2, -0.15) is 8.78 Å². The van der Waals surface area contributed by atoms with E-state index in [1.165, 1.54) is 11.0 Å². The topological polar surface area (TPSA) is 49.4 Å². The Bertz CT molecular complexity index is 540. The van der Waals surface area contributed by atoms with Gasteiger partial charge in [-0.3, -0.25) is 9.59 Å². The Balaban J connectivity index is 1.98. The maximum Gasteiger partial charge on any atom is 0.288 e. The minimum absolute atomic E-state index is 0.0251. The predicted molar refractivity (Wildman–Crippen MR) is 82.0 cm³/mol. The molecule has 1 aliphatic heterocycles. The molecule has 1 aromatic rings. The summed E-state index contributed by atoms with van der Waals surface area (Å²) in [6.07, 6.45) is 3.18. The van der Waals surface area contributed by atoms with Gasteiger partial charge >= 0.3 is 0 Å². The zero-order chi connectivity index (χ0) is 15.9. The Hall–Kier alpha value is -1.63. The number of thioether (sulfide) groups is 1. The molecular formula is C15H18F2N2O2S. The van der Waals surface area contributed by atoms with Gasteiger partial charge in [0.15, 0.2) is 0 Å². The first-order valence-corrected chi connectivity index (χ1v) is 8.05. The second-order valence-electron chi connectivity index (χ2n) is 5.05. The molecule has 2 amide bonds. The Labute approximate surface area is 132 Å². The summed E-state index contributed by atoms with van der Waals surface area (Å²) in [6, 6.07) is 6.41. The van der Waals surface area contributed by atoms with Gasteiger partial charge in [0.05, 0.1) is 12.2 Å². The fraction of sp³-hybridized carbons (Fsp3) is 0.467. The van der Waals surface area contributed by atoms with Crippen molar-refractivity contribution in [2.45, 2.75) is 36.3 Å². The van der Waals surface area contributed by atoms with Gasteiger partial charge in [0.25, 0.3) is 5.76 Å². The standard InChI is InChI=1S/C15H18F2N2O2S/c16-15(17)22-12-7-4-3-6-11(12)18-13(20)10-19-9-5-1-2-8-14(19)21/h3-4,6-7,15H,1-2,5,8-10H2,(H,18,20). The van der Waals surface area contributed by atoms with Gasteiger partial charge in [0.1, 0.15) is 0 Å². The van der Waals surface area contributed by atoms with E-state index in [1.54, 1.807) is 18.2 Å². The number of likely N-dealkylation sites (tertiary alicyclic amines) is 1. The molecule has 7 heteroatoms. The lowest BCUT2D eigenvalue weighted by Gasteiger charge is -2.20. The minimum atomic E-state index is -2.55. The van der Waals surface area contributed by atoms with E-state index in [9.17, 15) is 18.4 Å². The Morgan fingerprint density at radius 1 is 1.27 bits per heavy atom.